The molecule has 3 amide bonds. The topological polar surface area (TPSA) is 75.4 Å². The highest BCUT2D eigenvalue weighted by Gasteiger charge is 2.33. The molecule has 1 aliphatic heterocycles. The summed E-state index contributed by atoms with van der Waals surface area (Å²) in [4.78, 5) is 25.6. The molecule has 0 spiro atoms. The third kappa shape index (κ3) is 4.04. The first kappa shape index (κ1) is 15.5. The predicted octanol–water partition coefficient (Wildman–Crippen LogP) is 1.90. The van der Waals surface area contributed by atoms with Gasteiger partial charge in [0.25, 0.3) is 0 Å². The third-order valence-corrected chi connectivity index (χ3v) is 3.87. The lowest BCUT2D eigenvalue weighted by Crippen LogP contribution is -2.49. The van der Waals surface area contributed by atoms with Crippen molar-refractivity contribution in [2.75, 3.05) is 13.1 Å². The van der Waals surface area contributed by atoms with Gasteiger partial charge >= 0.3 is 6.03 Å². The summed E-state index contributed by atoms with van der Waals surface area (Å²) in [6, 6.07) is 8.26. The Bertz CT molecular complexity index is 494. The molecule has 0 bridgehead atoms. The Labute approximate surface area is 125 Å². The number of nitrogens with zero attached hydrogens (tertiary/aromatic N) is 1. The van der Waals surface area contributed by atoms with E-state index in [2.05, 4.69) is 24.1 Å². The molecule has 3 atom stereocenters. The van der Waals surface area contributed by atoms with Crippen molar-refractivity contribution < 1.29 is 9.59 Å². The van der Waals surface area contributed by atoms with Gasteiger partial charge in [0.05, 0.1) is 0 Å². The van der Waals surface area contributed by atoms with E-state index in [0.29, 0.717) is 11.8 Å². The van der Waals surface area contributed by atoms with Crippen LogP contribution in [0.3, 0.4) is 0 Å². The van der Waals surface area contributed by atoms with Crippen LogP contribution in [0.4, 0.5) is 4.79 Å². The molecule has 5 nitrogen and oxygen atoms in total. The molecule has 1 saturated heterocycles. The van der Waals surface area contributed by atoms with Crippen LogP contribution in [0.25, 0.3) is 0 Å². The van der Waals surface area contributed by atoms with Gasteiger partial charge in [-0.2, -0.15) is 0 Å². The van der Waals surface area contributed by atoms with E-state index in [1.807, 2.05) is 30.3 Å². The molecule has 3 N–H and O–H groups in total. The Kier molecular flexibility index (Phi) is 4.96. The maximum absolute atomic E-state index is 12.4. The second-order valence-corrected chi connectivity index (χ2v) is 6.07. The van der Waals surface area contributed by atoms with Gasteiger partial charge in [-0.1, -0.05) is 44.2 Å². The molecule has 5 heteroatoms. The Hall–Kier alpha value is -1.88. The first-order valence-electron chi connectivity index (χ1n) is 7.36. The normalized spacial score (nSPS) is 24.3. The molecule has 1 fully saturated rings. The lowest BCUT2D eigenvalue weighted by Gasteiger charge is -2.39. The van der Waals surface area contributed by atoms with Gasteiger partial charge in [0.2, 0.25) is 5.91 Å². The first-order chi connectivity index (χ1) is 9.97. The highest BCUT2D eigenvalue weighted by atomic mass is 16.2. The Balaban J connectivity index is 2.27. The standard InChI is InChI=1S/C16H23N3O2/c1-11-8-12(2)10-19(9-11)14(15(20)18-16(17)21)13-6-4-3-5-7-13/h3-7,11-12,14H,8-10H2,1-2H3,(H3,17,18,20,21)/t11-,12+,14-/m0/s1. The summed E-state index contributed by atoms with van der Waals surface area (Å²) in [5.41, 5.74) is 5.99. The number of imide groups is 1. The van der Waals surface area contributed by atoms with Gasteiger partial charge in [-0.15, -0.1) is 0 Å². The van der Waals surface area contributed by atoms with E-state index >= 15 is 0 Å². The predicted molar refractivity (Wildman–Crippen MR) is 81.4 cm³/mol. The minimum Gasteiger partial charge on any atom is -0.351 e. The minimum absolute atomic E-state index is 0.352. The Morgan fingerprint density at radius 3 is 2.29 bits per heavy atom. The summed E-state index contributed by atoms with van der Waals surface area (Å²) in [5, 5.41) is 2.23. The van der Waals surface area contributed by atoms with Gasteiger partial charge < -0.3 is 5.73 Å². The second kappa shape index (κ2) is 6.72. The number of primary amides is 1. The van der Waals surface area contributed by atoms with Gasteiger partial charge in [-0.3, -0.25) is 15.0 Å². The monoisotopic (exact) mass is 289 g/mol. The van der Waals surface area contributed by atoms with Crippen LogP contribution in [0.5, 0.6) is 0 Å². The fourth-order valence-corrected chi connectivity index (χ4v) is 3.28. The van der Waals surface area contributed by atoms with Crippen LogP contribution in [0.15, 0.2) is 30.3 Å². The van der Waals surface area contributed by atoms with Crippen LogP contribution in [0.2, 0.25) is 0 Å². The third-order valence-electron chi connectivity index (χ3n) is 3.87. The van der Waals surface area contributed by atoms with Crippen LogP contribution in [-0.4, -0.2) is 29.9 Å². The van der Waals surface area contributed by atoms with E-state index in [1.165, 1.54) is 0 Å². The maximum atomic E-state index is 12.4. The van der Waals surface area contributed by atoms with Crippen molar-refractivity contribution in [2.45, 2.75) is 26.3 Å². The van der Waals surface area contributed by atoms with Crippen LogP contribution in [-0.2, 0) is 4.79 Å². The number of carbonyl (C=O) groups excluding carboxylic acids is 2. The molecule has 0 radical (unpaired) electrons. The highest BCUT2D eigenvalue weighted by molar-refractivity contribution is 5.96. The number of hydrogen-bond donors (Lipinski definition) is 2. The molecule has 0 aromatic heterocycles. The first-order valence-corrected chi connectivity index (χ1v) is 7.36. The molecule has 1 heterocycles. The molecule has 1 aromatic rings. The molecule has 1 aromatic carbocycles. The van der Waals surface area contributed by atoms with Crippen molar-refractivity contribution in [2.24, 2.45) is 17.6 Å². The fourth-order valence-electron chi connectivity index (χ4n) is 3.28. The number of urea groups is 1. The number of hydrogen-bond acceptors (Lipinski definition) is 3. The Morgan fingerprint density at radius 2 is 1.76 bits per heavy atom. The zero-order valence-electron chi connectivity index (χ0n) is 12.6. The SMILES string of the molecule is C[C@@H]1C[C@H](C)CN([C@H](C(=O)NC(N)=O)c2ccccc2)C1. The lowest BCUT2D eigenvalue weighted by molar-refractivity contribution is -0.126. The van der Waals surface area contributed by atoms with E-state index < -0.39 is 12.1 Å². The number of carbonyl (C=O) groups is 2. The number of rotatable bonds is 3. The van der Waals surface area contributed by atoms with E-state index in [-0.39, 0.29) is 5.91 Å². The van der Waals surface area contributed by atoms with Gasteiger partial charge in [0.1, 0.15) is 6.04 Å². The Morgan fingerprint density at radius 1 is 1.19 bits per heavy atom. The summed E-state index contributed by atoms with van der Waals surface area (Å²) in [5.74, 6) is 0.706. The largest absolute Gasteiger partial charge is 0.351 e. The van der Waals surface area contributed by atoms with Gasteiger partial charge in [0.15, 0.2) is 0 Å². The van der Waals surface area contributed by atoms with Crippen LogP contribution in [0.1, 0.15) is 31.9 Å². The fraction of sp³-hybridized carbons (Fsp3) is 0.500. The quantitative estimate of drug-likeness (QED) is 0.892. The van der Waals surface area contributed by atoms with E-state index in [9.17, 15) is 9.59 Å². The molecule has 114 valence electrons. The number of nitrogens with two attached hydrogens (primary N) is 1. The zero-order chi connectivity index (χ0) is 15.4. The second-order valence-electron chi connectivity index (χ2n) is 6.07. The van der Waals surface area contributed by atoms with E-state index in [4.69, 9.17) is 5.73 Å². The molecule has 2 rings (SSSR count). The molecule has 21 heavy (non-hydrogen) atoms. The summed E-state index contributed by atoms with van der Waals surface area (Å²) in [7, 11) is 0. The van der Waals surface area contributed by atoms with Crippen LogP contribution >= 0.6 is 0 Å². The van der Waals surface area contributed by atoms with Crippen molar-refractivity contribution in [1.29, 1.82) is 0 Å². The van der Waals surface area contributed by atoms with E-state index in [1.54, 1.807) is 0 Å². The number of nitrogens with one attached hydrogen (secondary N) is 1. The number of amides is 3. The van der Waals surface area contributed by atoms with Gasteiger partial charge in [0, 0.05) is 13.1 Å². The summed E-state index contributed by atoms with van der Waals surface area (Å²) in [6.07, 6.45) is 1.16. The van der Waals surface area contributed by atoms with Crippen molar-refractivity contribution in [3.05, 3.63) is 35.9 Å². The van der Waals surface area contributed by atoms with Gasteiger partial charge in [-0.25, -0.2) is 4.79 Å². The average Bonchev–Trinajstić information content (AvgIpc) is 2.38. The average molecular weight is 289 g/mol. The molecule has 0 aliphatic carbocycles. The van der Waals surface area contributed by atoms with E-state index in [0.717, 1.165) is 25.1 Å². The van der Waals surface area contributed by atoms with Crippen molar-refractivity contribution >= 4 is 11.9 Å². The maximum Gasteiger partial charge on any atom is 0.318 e. The molecule has 1 aliphatic rings. The number of benzene rings is 1. The lowest BCUT2D eigenvalue weighted by atomic mass is 9.89. The highest BCUT2D eigenvalue weighted by Crippen LogP contribution is 2.29. The van der Waals surface area contributed by atoms with Crippen molar-refractivity contribution in [3.8, 4) is 0 Å². The van der Waals surface area contributed by atoms with Crippen molar-refractivity contribution in [3.63, 3.8) is 0 Å². The molecule has 0 unspecified atom stereocenters. The summed E-state index contributed by atoms with van der Waals surface area (Å²) in [6.45, 7) is 6.07. The van der Waals surface area contributed by atoms with Crippen LogP contribution < -0.4 is 11.1 Å². The molecule has 0 saturated carbocycles. The van der Waals surface area contributed by atoms with Gasteiger partial charge in [-0.05, 0) is 23.8 Å². The smallest absolute Gasteiger partial charge is 0.318 e. The summed E-state index contributed by atoms with van der Waals surface area (Å²) < 4.78 is 0. The van der Waals surface area contributed by atoms with Crippen LogP contribution in [0, 0.1) is 11.8 Å². The summed E-state index contributed by atoms with van der Waals surface area (Å²) >= 11 is 0. The number of likely N-dealkylation sites (tertiary alicyclic amines) is 1. The molecular weight excluding hydrogens is 266 g/mol. The zero-order valence-corrected chi connectivity index (χ0v) is 12.6. The molecular formula is C16H23N3O2. The number of piperidine rings is 1. The van der Waals surface area contributed by atoms with Crippen molar-refractivity contribution in [1.82, 2.24) is 10.2 Å². The minimum atomic E-state index is -0.806.